The molecule has 1 saturated heterocycles. The quantitative estimate of drug-likeness (QED) is 0.646. The van der Waals surface area contributed by atoms with Crippen LogP contribution < -0.4 is 10.6 Å². The lowest BCUT2D eigenvalue weighted by Gasteiger charge is -2.29. The fourth-order valence-corrected chi connectivity index (χ4v) is 3.94. The molecule has 2 amide bonds. The van der Waals surface area contributed by atoms with E-state index in [-0.39, 0.29) is 11.9 Å². The van der Waals surface area contributed by atoms with Gasteiger partial charge in [0.1, 0.15) is 5.82 Å². The third-order valence-corrected chi connectivity index (χ3v) is 5.38. The van der Waals surface area contributed by atoms with E-state index in [1.807, 2.05) is 23.0 Å². The molecule has 0 bridgehead atoms. The van der Waals surface area contributed by atoms with Gasteiger partial charge in [-0.1, -0.05) is 12.1 Å². The molecule has 9 nitrogen and oxygen atoms in total. The highest BCUT2D eigenvalue weighted by atomic mass is 16.4. The van der Waals surface area contributed by atoms with E-state index in [2.05, 4.69) is 20.7 Å². The molecule has 0 aliphatic carbocycles. The van der Waals surface area contributed by atoms with Crippen LogP contribution >= 0.6 is 0 Å². The maximum absolute atomic E-state index is 12.0. The van der Waals surface area contributed by atoms with Crippen LogP contribution in [0, 0.1) is 0 Å². The molecule has 3 N–H and O–H groups in total. The molecule has 4 heterocycles. The molecule has 0 unspecified atom stereocenters. The lowest BCUT2D eigenvalue weighted by atomic mass is 10.1. The average molecular weight is 378 g/mol. The largest absolute Gasteiger partial charge is 0.465 e. The van der Waals surface area contributed by atoms with Crippen molar-refractivity contribution in [3.63, 3.8) is 0 Å². The standard InChI is InChI=1S/C19H18N6O3/c26-18-14-3-1-2-13-16(14)15(23-18)9-20-17(13)22-11-8-21-25(10-11)12-4-6-24(7-5-12)19(27)28/h1-3,8-10,12H,4-7H2,(H,20,22)(H,23,26)(H,27,28). The van der Waals surface area contributed by atoms with Crippen molar-refractivity contribution in [2.45, 2.75) is 18.9 Å². The van der Waals surface area contributed by atoms with Crippen molar-refractivity contribution in [3.05, 3.63) is 42.4 Å². The van der Waals surface area contributed by atoms with Gasteiger partial charge in [-0.15, -0.1) is 0 Å². The van der Waals surface area contributed by atoms with E-state index >= 15 is 0 Å². The number of anilines is 3. The summed E-state index contributed by atoms with van der Waals surface area (Å²) in [6.07, 6.45) is 5.91. The molecular weight excluding hydrogens is 360 g/mol. The first-order valence-corrected chi connectivity index (χ1v) is 9.12. The zero-order valence-electron chi connectivity index (χ0n) is 14.9. The number of carbonyl (C=O) groups excluding carboxylic acids is 1. The van der Waals surface area contributed by atoms with Gasteiger partial charge in [0, 0.05) is 35.6 Å². The molecule has 2 aromatic heterocycles. The number of hydrogen-bond donors (Lipinski definition) is 3. The molecular formula is C19H18N6O3. The van der Waals surface area contributed by atoms with Crippen LogP contribution in [0.4, 0.5) is 22.0 Å². The Labute approximate surface area is 160 Å². The zero-order chi connectivity index (χ0) is 19.3. The molecule has 3 aromatic rings. The summed E-state index contributed by atoms with van der Waals surface area (Å²) in [5, 5.41) is 21.4. The van der Waals surface area contributed by atoms with Gasteiger partial charge in [-0.25, -0.2) is 9.78 Å². The predicted octanol–water partition coefficient (Wildman–Crippen LogP) is 3.06. The van der Waals surface area contributed by atoms with Gasteiger partial charge in [0.2, 0.25) is 0 Å². The normalized spacial score (nSPS) is 16.4. The maximum atomic E-state index is 12.0. The predicted molar refractivity (Wildman–Crippen MR) is 103 cm³/mol. The third-order valence-electron chi connectivity index (χ3n) is 5.38. The minimum Gasteiger partial charge on any atom is -0.465 e. The number of nitrogens with one attached hydrogen (secondary N) is 2. The summed E-state index contributed by atoms with van der Waals surface area (Å²) in [7, 11) is 0. The first-order chi connectivity index (χ1) is 13.6. The monoisotopic (exact) mass is 378 g/mol. The number of pyridine rings is 1. The van der Waals surface area contributed by atoms with Crippen LogP contribution in [-0.4, -0.2) is 49.9 Å². The molecule has 2 aliphatic heterocycles. The highest BCUT2D eigenvalue weighted by molar-refractivity contribution is 6.25. The van der Waals surface area contributed by atoms with Crippen LogP contribution in [0.3, 0.4) is 0 Å². The van der Waals surface area contributed by atoms with Crippen molar-refractivity contribution in [2.24, 2.45) is 0 Å². The summed E-state index contributed by atoms with van der Waals surface area (Å²) in [5.41, 5.74) is 2.17. The maximum Gasteiger partial charge on any atom is 0.407 e. The smallest absolute Gasteiger partial charge is 0.407 e. The van der Waals surface area contributed by atoms with Gasteiger partial charge in [-0.3, -0.25) is 9.48 Å². The Morgan fingerprint density at radius 1 is 1.25 bits per heavy atom. The number of piperidine rings is 1. The topological polar surface area (TPSA) is 112 Å². The second kappa shape index (κ2) is 6.22. The second-order valence-corrected chi connectivity index (χ2v) is 7.04. The Balaban J connectivity index is 1.38. The molecule has 9 heteroatoms. The van der Waals surface area contributed by atoms with E-state index in [1.54, 1.807) is 18.5 Å². The molecule has 142 valence electrons. The highest BCUT2D eigenvalue weighted by Gasteiger charge is 2.25. The zero-order valence-corrected chi connectivity index (χ0v) is 14.9. The van der Waals surface area contributed by atoms with Gasteiger partial charge in [-0.05, 0) is 18.9 Å². The van der Waals surface area contributed by atoms with Gasteiger partial charge >= 0.3 is 6.09 Å². The summed E-state index contributed by atoms with van der Waals surface area (Å²) in [6.45, 7) is 1.03. The Hall–Kier alpha value is -3.62. The summed E-state index contributed by atoms with van der Waals surface area (Å²) < 4.78 is 1.88. The number of rotatable bonds is 3. The van der Waals surface area contributed by atoms with Crippen molar-refractivity contribution >= 4 is 40.0 Å². The fraction of sp³-hybridized carbons (Fsp3) is 0.263. The van der Waals surface area contributed by atoms with E-state index in [4.69, 9.17) is 5.11 Å². The number of benzene rings is 1. The number of amides is 2. The SMILES string of the molecule is O=C1Nc2cnc(Nc3cnn(C4CCN(C(=O)O)CC4)c3)c3cccc1c23. The van der Waals surface area contributed by atoms with Crippen molar-refractivity contribution in [2.75, 3.05) is 23.7 Å². The molecule has 0 atom stereocenters. The van der Waals surface area contributed by atoms with Crippen LogP contribution in [0.5, 0.6) is 0 Å². The Morgan fingerprint density at radius 3 is 2.86 bits per heavy atom. The van der Waals surface area contributed by atoms with E-state index in [9.17, 15) is 9.59 Å². The molecule has 1 aromatic carbocycles. The number of aromatic nitrogens is 3. The van der Waals surface area contributed by atoms with E-state index in [0.717, 1.165) is 35.0 Å². The molecule has 5 rings (SSSR count). The van der Waals surface area contributed by atoms with Crippen molar-refractivity contribution in [1.82, 2.24) is 19.7 Å². The Kier molecular flexibility index (Phi) is 3.68. The first-order valence-electron chi connectivity index (χ1n) is 9.12. The van der Waals surface area contributed by atoms with Gasteiger partial charge < -0.3 is 20.6 Å². The summed E-state index contributed by atoms with van der Waals surface area (Å²) in [5.74, 6) is 0.553. The summed E-state index contributed by atoms with van der Waals surface area (Å²) in [6, 6.07) is 5.76. The van der Waals surface area contributed by atoms with Gasteiger partial charge in [0.05, 0.1) is 29.8 Å². The van der Waals surface area contributed by atoms with Crippen LogP contribution in [0.15, 0.2) is 36.8 Å². The molecule has 2 aliphatic rings. The lowest BCUT2D eigenvalue weighted by Crippen LogP contribution is -2.38. The highest BCUT2D eigenvalue weighted by Crippen LogP contribution is 2.36. The van der Waals surface area contributed by atoms with E-state index in [0.29, 0.717) is 24.5 Å². The van der Waals surface area contributed by atoms with Crippen LogP contribution in [0.25, 0.3) is 10.8 Å². The van der Waals surface area contributed by atoms with E-state index < -0.39 is 6.09 Å². The number of hydrogen-bond acceptors (Lipinski definition) is 5. The Bertz CT molecular complexity index is 1100. The second-order valence-electron chi connectivity index (χ2n) is 7.04. The Morgan fingerprint density at radius 2 is 2.07 bits per heavy atom. The first kappa shape index (κ1) is 16.5. The molecule has 0 spiro atoms. The molecule has 0 saturated carbocycles. The minimum absolute atomic E-state index is 0.111. The fourth-order valence-electron chi connectivity index (χ4n) is 3.94. The number of nitrogens with zero attached hydrogens (tertiary/aromatic N) is 4. The van der Waals surface area contributed by atoms with Gasteiger partial charge in [-0.2, -0.15) is 5.10 Å². The summed E-state index contributed by atoms with van der Waals surface area (Å²) in [4.78, 5) is 29.0. The number of carbonyl (C=O) groups is 2. The van der Waals surface area contributed by atoms with Crippen molar-refractivity contribution < 1.29 is 14.7 Å². The van der Waals surface area contributed by atoms with Gasteiger partial charge in [0.25, 0.3) is 5.91 Å². The van der Waals surface area contributed by atoms with E-state index in [1.165, 1.54) is 4.90 Å². The molecule has 1 fully saturated rings. The van der Waals surface area contributed by atoms with Crippen LogP contribution in [0.1, 0.15) is 29.2 Å². The van der Waals surface area contributed by atoms with Crippen molar-refractivity contribution in [3.8, 4) is 0 Å². The van der Waals surface area contributed by atoms with Gasteiger partial charge in [0.15, 0.2) is 0 Å². The minimum atomic E-state index is -0.868. The molecule has 28 heavy (non-hydrogen) atoms. The average Bonchev–Trinajstić information content (AvgIpc) is 3.30. The third kappa shape index (κ3) is 2.63. The van der Waals surface area contributed by atoms with Crippen LogP contribution in [-0.2, 0) is 0 Å². The molecule has 0 radical (unpaired) electrons. The number of likely N-dealkylation sites (tertiary alicyclic amines) is 1. The summed E-state index contributed by atoms with van der Waals surface area (Å²) >= 11 is 0. The number of carboxylic acid groups (broad SMARTS) is 1. The van der Waals surface area contributed by atoms with Crippen molar-refractivity contribution in [1.29, 1.82) is 0 Å². The lowest BCUT2D eigenvalue weighted by molar-refractivity contribution is 0.103. The van der Waals surface area contributed by atoms with Crippen LogP contribution in [0.2, 0.25) is 0 Å².